The van der Waals surface area contributed by atoms with E-state index in [2.05, 4.69) is 58.5 Å². The lowest BCUT2D eigenvalue weighted by Crippen LogP contribution is -2.34. The lowest BCUT2D eigenvalue weighted by atomic mass is 9.84. The standard InChI is InChI=1S/C32H36N4O4.CH2O2/c1-5-23-18-36(17-22-8-6-7-9-28(22)40-23)27-13-12-20-10-11-21(14-26(20)27)25(16-30(37)38)24-15-29(39-4)32-31(19(24)2)33-34-35(32)3;2-1-3/h6-11,14-15,23,25,27H,5,12-13,16-18H2,1-4H3,(H,37,38);1H,(H,2,3)/t23-,25?,27?;/m1./s1. The summed E-state index contributed by atoms with van der Waals surface area (Å²) in [6, 6.07) is 17.1. The Bertz CT molecular complexity index is 1630. The molecule has 1 aliphatic carbocycles. The predicted molar refractivity (Wildman–Crippen MR) is 162 cm³/mol. The quantitative estimate of drug-likeness (QED) is 0.279. The van der Waals surface area contributed by atoms with Crippen molar-refractivity contribution in [3.05, 3.63) is 81.9 Å². The molecule has 0 saturated carbocycles. The van der Waals surface area contributed by atoms with E-state index in [1.807, 2.05) is 26.1 Å². The molecule has 226 valence electrons. The van der Waals surface area contributed by atoms with Gasteiger partial charge in [-0.25, -0.2) is 4.68 Å². The van der Waals surface area contributed by atoms with Gasteiger partial charge in [0.1, 0.15) is 28.6 Å². The number of fused-ring (bicyclic) bond motifs is 3. The normalized spacial score (nSPS) is 18.4. The Kier molecular flexibility index (Phi) is 8.96. The van der Waals surface area contributed by atoms with Gasteiger partial charge < -0.3 is 19.7 Å². The molecule has 0 bridgehead atoms. The van der Waals surface area contributed by atoms with Crippen LogP contribution in [0.4, 0.5) is 0 Å². The van der Waals surface area contributed by atoms with Crippen LogP contribution in [0.1, 0.15) is 71.5 Å². The molecule has 6 rings (SSSR count). The molecular weight excluding hydrogens is 548 g/mol. The molecule has 1 aromatic heterocycles. The number of methoxy groups -OCH3 is 1. The van der Waals surface area contributed by atoms with Crippen LogP contribution in [0.15, 0.2) is 48.5 Å². The molecule has 1 aliphatic heterocycles. The predicted octanol–water partition coefficient (Wildman–Crippen LogP) is 5.25. The van der Waals surface area contributed by atoms with Gasteiger partial charge in [-0.05, 0) is 66.1 Å². The molecular formula is C33H38N4O6. The highest BCUT2D eigenvalue weighted by atomic mass is 16.5. The Morgan fingerprint density at radius 2 is 1.98 bits per heavy atom. The first-order valence-electron chi connectivity index (χ1n) is 14.6. The highest BCUT2D eigenvalue weighted by Gasteiger charge is 2.33. The number of carboxylic acids is 1. The first-order chi connectivity index (χ1) is 20.8. The van der Waals surface area contributed by atoms with Crippen molar-refractivity contribution in [2.45, 2.75) is 64.1 Å². The van der Waals surface area contributed by atoms with Gasteiger partial charge in [0.15, 0.2) is 0 Å². The third-order valence-corrected chi connectivity index (χ3v) is 8.70. The number of ether oxygens (including phenoxy) is 2. The van der Waals surface area contributed by atoms with Gasteiger partial charge in [0.05, 0.1) is 13.5 Å². The van der Waals surface area contributed by atoms with Crippen molar-refractivity contribution in [1.82, 2.24) is 19.9 Å². The van der Waals surface area contributed by atoms with Gasteiger partial charge >= 0.3 is 5.97 Å². The maximum atomic E-state index is 12.2. The van der Waals surface area contributed by atoms with Gasteiger partial charge in [0, 0.05) is 37.7 Å². The zero-order chi connectivity index (χ0) is 30.7. The fraction of sp³-hybridized carbons (Fsp3) is 0.394. The van der Waals surface area contributed by atoms with Crippen LogP contribution < -0.4 is 9.47 Å². The third kappa shape index (κ3) is 5.92. The van der Waals surface area contributed by atoms with Gasteiger partial charge in [0.25, 0.3) is 6.47 Å². The van der Waals surface area contributed by atoms with Crippen LogP contribution in [-0.2, 0) is 29.6 Å². The van der Waals surface area contributed by atoms with E-state index in [4.69, 9.17) is 19.4 Å². The van der Waals surface area contributed by atoms with Crippen LogP contribution in [0, 0.1) is 6.92 Å². The maximum absolute atomic E-state index is 12.2. The number of para-hydroxylation sites is 1. The topological polar surface area (TPSA) is 127 Å². The molecule has 2 aliphatic rings. The van der Waals surface area contributed by atoms with E-state index in [0.717, 1.165) is 65.8 Å². The SMILES string of the molecule is CC[C@@H]1CN(C2CCc3ccc(C(CC(=O)O)c4cc(OC)c5c(nnn5C)c4C)cc32)Cc2ccccc2O1.O=CO. The molecule has 3 aromatic carbocycles. The van der Waals surface area contributed by atoms with Gasteiger partial charge in [-0.15, -0.1) is 5.10 Å². The summed E-state index contributed by atoms with van der Waals surface area (Å²) in [5.74, 6) is 0.438. The summed E-state index contributed by atoms with van der Waals surface area (Å²) in [4.78, 5) is 23.1. The number of carbonyl (C=O) groups is 2. The summed E-state index contributed by atoms with van der Waals surface area (Å²) in [5.41, 5.74) is 8.23. The molecule has 2 unspecified atom stereocenters. The molecule has 4 aromatic rings. The van der Waals surface area contributed by atoms with Gasteiger partial charge in [-0.3, -0.25) is 14.5 Å². The van der Waals surface area contributed by atoms with E-state index >= 15 is 0 Å². The number of aliphatic carboxylic acids is 1. The molecule has 10 heteroatoms. The summed E-state index contributed by atoms with van der Waals surface area (Å²) < 4.78 is 13.8. The highest BCUT2D eigenvalue weighted by molar-refractivity contribution is 5.86. The van der Waals surface area contributed by atoms with Crippen LogP contribution in [0.3, 0.4) is 0 Å². The van der Waals surface area contributed by atoms with Gasteiger partial charge in [-0.1, -0.05) is 48.5 Å². The minimum absolute atomic E-state index is 0.0257. The van der Waals surface area contributed by atoms with Crippen LogP contribution in [0.2, 0.25) is 0 Å². The van der Waals surface area contributed by atoms with Gasteiger partial charge in [-0.2, -0.15) is 0 Å². The van der Waals surface area contributed by atoms with E-state index in [0.29, 0.717) is 5.75 Å². The Morgan fingerprint density at radius 1 is 1.21 bits per heavy atom. The van der Waals surface area contributed by atoms with Crippen molar-refractivity contribution >= 4 is 23.5 Å². The summed E-state index contributed by atoms with van der Waals surface area (Å²) >= 11 is 0. The zero-order valence-corrected chi connectivity index (χ0v) is 25.0. The average Bonchev–Trinajstić information content (AvgIpc) is 3.54. The molecule has 0 fully saturated rings. The van der Waals surface area contributed by atoms with Crippen molar-refractivity contribution in [2.75, 3.05) is 13.7 Å². The number of aryl methyl sites for hydroxylation is 3. The van der Waals surface area contributed by atoms with Crippen LogP contribution in [0.5, 0.6) is 11.5 Å². The first-order valence-corrected chi connectivity index (χ1v) is 14.6. The maximum Gasteiger partial charge on any atom is 0.304 e. The Morgan fingerprint density at radius 3 is 2.70 bits per heavy atom. The van der Waals surface area contributed by atoms with Crippen molar-refractivity contribution in [1.29, 1.82) is 0 Å². The zero-order valence-electron chi connectivity index (χ0n) is 25.0. The number of benzene rings is 3. The number of carboxylic acid groups (broad SMARTS) is 2. The lowest BCUT2D eigenvalue weighted by molar-refractivity contribution is -0.137. The minimum atomic E-state index is -0.841. The molecule has 3 atom stereocenters. The summed E-state index contributed by atoms with van der Waals surface area (Å²) in [6.07, 6.45) is 3.10. The summed E-state index contributed by atoms with van der Waals surface area (Å²) in [5, 5.41) is 25.5. The molecule has 2 N–H and O–H groups in total. The van der Waals surface area contributed by atoms with Crippen molar-refractivity contribution in [3.8, 4) is 11.5 Å². The van der Waals surface area contributed by atoms with E-state index in [1.165, 1.54) is 16.7 Å². The van der Waals surface area contributed by atoms with Crippen LogP contribution >= 0.6 is 0 Å². The number of hydrogen-bond donors (Lipinski definition) is 2. The summed E-state index contributed by atoms with van der Waals surface area (Å²) in [6.45, 7) is 5.62. The second kappa shape index (κ2) is 12.8. The smallest absolute Gasteiger partial charge is 0.304 e. The molecule has 2 heterocycles. The second-order valence-electron chi connectivity index (χ2n) is 11.2. The summed E-state index contributed by atoms with van der Waals surface area (Å²) in [7, 11) is 3.46. The fourth-order valence-corrected chi connectivity index (χ4v) is 6.60. The average molecular weight is 587 g/mol. The number of aromatic nitrogens is 3. The van der Waals surface area contributed by atoms with Crippen molar-refractivity contribution < 1.29 is 29.3 Å². The molecule has 10 nitrogen and oxygen atoms in total. The minimum Gasteiger partial charge on any atom is -0.494 e. The number of rotatable bonds is 7. The Labute approximate surface area is 250 Å². The largest absolute Gasteiger partial charge is 0.494 e. The van der Waals surface area contributed by atoms with Crippen LogP contribution in [0.25, 0.3) is 11.0 Å². The van der Waals surface area contributed by atoms with E-state index in [-0.39, 0.29) is 31.0 Å². The lowest BCUT2D eigenvalue weighted by Gasteiger charge is -2.30. The van der Waals surface area contributed by atoms with Crippen LogP contribution in [-0.4, -0.2) is 62.3 Å². The van der Waals surface area contributed by atoms with Crippen molar-refractivity contribution in [3.63, 3.8) is 0 Å². The number of nitrogens with zero attached hydrogens (tertiary/aromatic N) is 4. The van der Waals surface area contributed by atoms with E-state index in [1.54, 1.807) is 11.8 Å². The number of hydrogen-bond acceptors (Lipinski definition) is 7. The Hall–Kier alpha value is -4.44. The molecule has 0 saturated heterocycles. The van der Waals surface area contributed by atoms with E-state index in [9.17, 15) is 9.90 Å². The van der Waals surface area contributed by atoms with Crippen molar-refractivity contribution in [2.24, 2.45) is 7.05 Å². The second-order valence-corrected chi connectivity index (χ2v) is 11.2. The Balaban J connectivity index is 0.00000118. The highest BCUT2D eigenvalue weighted by Crippen LogP contribution is 2.43. The molecule has 43 heavy (non-hydrogen) atoms. The molecule has 0 amide bonds. The fourth-order valence-electron chi connectivity index (χ4n) is 6.60. The van der Waals surface area contributed by atoms with E-state index < -0.39 is 5.97 Å². The first kappa shape index (κ1) is 30.0. The monoisotopic (exact) mass is 586 g/mol. The third-order valence-electron chi connectivity index (χ3n) is 8.70. The van der Waals surface area contributed by atoms with Gasteiger partial charge in [0.2, 0.25) is 0 Å². The molecule has 0 radical (unpaired) electrons. The molecule has 0 spiro atoms.